The average Bonchev–Trinajstić information content (AvgIpc) is 3.24. The summed E-state index contributed by atoms with van der Waals surface area (Å²) in [5, 5.41) is 3.11. The van der Waals surface area contributed by atoms with E-state index in [0.29, 0.717) is 13.0 Å². The van der Waals surface area contributed by atoms with E-state index in [-0.39, 0.29) is 16.7 Å². The van der Waals surface area contributed by atoms with Crippen molar-refractivity contribution < 1.29 is 14.3 Å². The van der Waals surface area contributed by atoms with Crippen LogP contribution >= 0.6 is 0 Å². The average molecular weight is 515 g/mol. The molecule has 202 valence electrons. The zero-order chi connectivity index (χ0) is 27.5. The maximum Gasteiger partial charge on any atom is 0.226 e. The van der Waals surface area contributed by atoms with Crippen LogP contribution in [0.1, 0.15) is 58.6 Å². The van der Waals surface area contributed by atoms with Gasteiger partial charge in [0.15, 0.2) is 12.3 Å². The molecule has 2 aliphatic rings. The molecule has 0 spiro atoms. The molecule has 2 heterocycles. The number of hydrogen-bond acceptors (Lipinski definition) is 2. The maximum atomic E-state index is 12.7. The number of nitrogens with one attached hydrogen (secondary N) is 2. The number of quaternary nitrogens is 1. The quantitative estimate of drug-likeness (QED) is 0.365. The third-order valence-corrected chi connectivity index (χ3v) is 8.16. The first-order valence-electron chi connectivity index (χ1n) is 14.1. The van der Waals surface area contributed by atoms with E-state index in [1.54, 1.807) is 0 Å². The zero-order valence-corrected chi connectivity index (χ0v) is 24.4. The van der Waals surface area contributed by atoms with Crippen LogP contribution in [0.4, 0.5) is 11.4 Å². The topological polar surface area (TPSA) is 39.8 Å². The normalized spacial score (nSPS) is 18.5. The molecular weight excluding hydrogens is 468 g/mol. The van der Waals surface area contributed by atoms with E-state index in [9.17, 15) is 4.79 Å². The molecule has 2 aromatic rings. The number of para-hydroxylation sites is 2. The van der Waals surface area contributed by atoms with Gasteiger partial charge in [-0.3, -0.25) is 4.79 Å². The highest BCUT2D eigenvalue weighted by Crippen LogP contribution is 2.47. The number of likely N-dealkylation sites (N-methyl/N-ethyl adjacent to an activating group) is 1. The molecule has 0 atom stereocenters. The van der Waals surface area contributed by atoms with Gasteiger partial charge in [-0.15, -0.1) is 0 Å². The van der Waals surface area contributed by atoms with Crippen molar-refractivity contribution in [2.24, 2.45) is 0 Å². The molecule has 2 aliphatic heterocycles. The SMILES string of the molecule is CCN1C(=CC=CC2=[N+](CCC(=O)NCCC[NH+](C)C)c3ccccc3C2(C)C)C(C)(C)c2ccccc21. The zero-order valence-electron chi connectivity index (χ0n) is 24.4. The second-order valence-corrected chi connectivity index (χ2v) is 11.9. The van der Waals surface area contributed by atoms with Gasteiger partial charge in [-0.2, -0.15) is 4.58 Å². The van der Waals surface area contributed by atoms with Crippen LogP contribution < -0.4 is 15.1 Å². The number of allylic oxidation sites excluding steroid dienone is 4. The number of carbonyl (C=O) groups is 1. The first-order valence-corrected chi connectivity index (χ1v) is 14.1. The molecule has 2 aromatic carbocycles. The molecular formula is C33H46N4O+2. The van der Waals surface area contributed by atoms with Crippen LogP contribution in [0.15, 0.2) is 72.5 Å². The lowest BCUT2D eigenvalue weighted by molar-refractivity contribution is -0.858. The van der Waals surface area contributed by atoms with Crippen molar-refractivity contribution in [1.29, 1.82) is 0 Å². The third kappa shape index (κ3) is 5.35. The molecule has 0 bridgehead atoms. The first kappa shape index (κ1) is 27.8. The number of carbonyl (C=O) groups excluding carboxylic acids is 1. The minimum absolute atomic E-state index is 0.0539. The molecule has 0 radical (unpaired) electrons. The smallest absolute Gasteiger partial charge is 0.226 e. The Morgan fingerprint density at radius 1 is 1.00 bits per heavy atom. The Morgan fingerprint density at radius 2 is 1.68 bits per heavy atom. The fraction of sp³-hybridized carbons (Fsp3) is 0.455. The third-order valence-electron chi connectivity index (χ3n) is 8.16. The van der Waals surface area contributed by atoms with Crippen LogP contribution in [0.3, 0.4) is 0 Å². The molecule has 38 heavy (non-hydrogen) atoms. The molecule has 0 fully saturated rings. The van der Waals surface area contributed by atoms with Crippen molar-refractivity contribution >= 4 is 23.0 Å². The van der Waals surface area contributed by atoms with Gasteiger partial charge in [-0.1, -0.05) is 56.3 Å². The Bertz CT molecular complexity index is 1270. The monoisotopic (exact) mass is 514 g/mol. The molecule has 5 heteroatoms. The fourth-order valence-electron chi connectivity index (χ4n) is 6.07. The van der Waals surface area contributed by atoms with Crippen LogP contribution in [-0.2, 0) is 15.6 Å². The fourth-order valence-corrected chi connectivity index (χ4v) is 6.07. The molecule has 0 aliphatic carbocycles. The van der Waals surface area contributed by atoms with Gasteiger partial charge in [0.1, 0.15) is 0 Å². The number of nitrogens with zero attached hydrogens (tertiary/aromatic N) is 2. The van der Waals surface area contributed by atoms with Gasteiger partial charge < -0.3 is 15.1 Å². The molecule has 0 saturated heterocycles. The number of hydrogen-bond donors (Lipinski definition) is 2. The molecule has 0 unspecified atom stereocenters. The predicted molar refractivity (Wildman–Crippen MR) is 159 cm³/mol. The lowest BCUT2D eigenvalue weighted by Gasteiger charge is -2.25. The Hall–Kier alpha value is -3.18. The van der Waals surface area contributed by atoms with E-state index < -0.39 is 0 Å². The summed E-state index contributed by atoms with van der Waals surface area (Å²) in [4.78, 5) is 16.5. The van der Waals surface area contributed by atoms with Crippen molar-refractivity contribution in [1.82, 2.24) is 5.32 Å². The van der Waals surface area contributed by atoms with Crippen molar-refractivity contribution in [3.63, 3.8) is 0 Å². The summed E-state index contributed by atoms with van der Waals surface area (Å²) >= 11 is 0. The second kappa shape index (κ2) is 11.3. The molecule has 5 nitrogen and oxygen atoms in total. The van der Waals surface area contributed by atoms with Crippen LogP contribution in [0.5, 0.6) is 0 Å². The molecule has 0 saturated carbocycles. The highest BCUT2D eigenvalue weighted by molar-refractivity contribution is 6.03. The summed E-state index contributed by atoms with van der Waals surface area (Å²) in [6.45, 7) is 14.8. The van der Waals surface area contributed by atoms with Crippen molar-refractivity contribution in [2.75, 3.05) is 45.2 Å². The highest BCUT2D eigenvalue weighted by atomic mass is 16.1. The van der Waals surface area contributed by atoms with E-state index in [2.05, 4.69) is 130 Å². The number of fused-ring (bicyclic) bond motifs is 2. The predicted octanol–water partition coefficient (Wildman–Crippen LogP) is 4.36. The van der Waals surface area contributed by atoms with Crippen LogP contribution in [0.25, 0.3) is 0 Å². The van der Waals surface area contributed by atoms with Gasteiger partial charge in [0, 0.05) is 54.0 Å². The molecule has 4 rings (SSSR count). The van der Waals surface area contributed by atoms with Crippen LogP contribution in [0, 0.1) is 0 Å². The van der Waals surface area contributed by atoms with E-state index in [4.69, 9.17) is 0 Å². The van der Waals surface area contributed by atoms with E-state index >= 15 is 0 Å². The minimum Gasteiger partial charge on any atom is -0.356 e. The molecule has 2 N–H and O–H groups in total. The Labute approximate surface area is 229 Å². The Kier molecular flexibility index (Phi) is 8.27. The van der Waals surface area contributed by atoms with Gasteiger partial charge in [0.2, 0.25) is 11.6 Å². The van der Waals surface area contributed by atoms with Crippen molar-refractivity contribution in [3.05, 3.63) is 83.6 Å². The maximum absolute atomic E-state index is 12.7. The highest BCUT2D eigenvalue weighted by Gasteiger charge is 2.44. The number of rotatable bonds is 10. The standard InChI is InChI=1S/C33H44N4O/c1-8-36-27-17-11-9-15-25(27)32(2,3)29(36)19-13-20-30-33(4,5)26-16-10-12-18-28(26)37(30)24-21-31(38)34-22-14-23-35(6)7/h9-13,15-20H,8,14,21-24H2,1-7H3/p+2. The van der Waals surface area contributed by atoms with E-state index in [0.717, 1.165) is 26.1 Å². The Balaban J connectivity index is 1.60. The summed E-state index contributed by atoms with van der Waals surface area (Å²) < 4.78 is 2.35. The van der Waals surface area contributed by atoms with Gasteiger partial charge >= 0.3 is 0 Å². The largest absolute Gasteiger partial charge is 0.356 e. The molecule has 1 amide bonds. The minimum atomic E-state index is -0.144. The first-order chi connectivity index (χ1) is 18.1. The summed E-state index contributed by atoms with van der Waals surface area (Å²) in [5.74, 6) is 0.121. The van der Waals surface area contributed by atoms with Gasteiger partial charge in [-0.05, 0) is 38.5 Å². The van der Waals surface area contributed by atoms with E-state index in [1.807, 2.05) is 0 Å². The van der Waals surface area contributed by atoms with Gasteiger partial charge in [0.25, 0.3) is 0 Å². The number of anilines is 1. The lowest BCUT2D eigenvalue weighted by Crippen LogP contribution is -3.05. The van der Waals surface area contributed by atoms with Gasteiger partial charge in [-0.25, -0.2) is 0 Å². The van der Waals surface area contributed by atoms with Crippen LogP contribution in [-0.4, -0.2) is 56.5 Å². The number of benzene rings is 2. The summed E-state index contributed by atoms with van der Waals surface area (Å²) in [7, 11) is 4.28. The number of amides is 1. The van der Waals surface area contributed by atoms with E-state index in [1.165, 1.54) is 38.8 Å². The lowest BCUT2D eigenvalue weighted by atomic mass is 9.81. The summed E-state index contributed by atoms with van der Waals surface area (Å²) in [6.07, 6.45) is 8.23. The van der Waals surface area contributed by atoms with Gasteiger partial charge in [0.05, 0.1) is 32.5 Å². The van der Waals surface area contributed by atoms with Crippen LogP contribution in [0.2, 0.25) is 0 Å². The van der Waals surface area contributed by atoms with Crippen molar-refractivity contribution in [3.8, 4) is 0 Å². The Morgan fingerprint density at radius 3 is 2.39 bits per heavy atom. The van der Waals surface area contributed by atoms with Crippen molar-refractivity contribution in [2.45, 2.75) is 58.3 Å². The second-order valence-electron chi connectivity index (χ2n) is 11.9. The molecule has 0 aromatic heterocycles. The summed E-state index contributed by atoms with van der Waals surface area (Å²) in [5.41, 5.74) is 7.55. The summed E-state index contributed by atoms with van der Waals surface area (Å²) in [6, 6.07) is 17.4.